The summed E-state index contributed by atoms with van der Waals surface area (Å²) in [7, 11) is 0. The molecule has 128 valence electrons. The van der Waals surface area contributed by atoms with Crippen molar-refractivity contribution in [1.82, 2.24) is 4.37 Å². The van der Waals surface area contributed by atoms with Gasteiger partial charge < -0.3 is 5.32 Å². The van der Waals surface area contributed by atoms with E-state index in [-0.39, 0.29) is 22.2 Å². The molecule has 0 unspecified atom stereocenters. The first-order chi connectivity index (χ1) is 11.0. The lowest BCUT2D eigenvalue weighted by Crippen LogP contribution is -2.13. The van der Waals surface area contributed by atoms with Gasteiger partial charge in [0.05, 0.1) is 11.1 Å². The normalized spacial score (nSPS) is 12.0. The quantitative estimate of drug-likeness (QED) is 0.807. The van der Waals surface area contributed by atoms with Crippen LogP contribution in [0.2, 0.25) is 0 Å². The molecule has 0 spiro atoms. The van der Waals surface area contributed by atoms with Gasteiger partial charge in [-0.25, -0.2) is 0 Å². The maximum Gasteiger partial charge on any atom is 0.416 e. The number of nitrogens with zero attached hydrogens (tertiary/aromatic N) is 1. The molecule has 2 N–H and O–H groups in total. The summed E-state index contributed by atoms with van der Waals surface area (Å²) in [5, 5.41) is 11.3. The summed E-state index contributed by atoms with van der Waals surface area (Å²) in [5.74, 6) is 0. The van der Waals surface area contributed by atoms with Crippen molar-refractivity contribution in [3.63, 3.8) is 0 Å². The molecular formula is C13H7F6N3OS. The molecule has 1 aromatic carbocycles. The van der Waals surface area contributed by atoms with Gasteiger partial charge >= 0.3 is 12.4 Å². The lowest BCUT2D eigenvalue weighted by Gasteiger charge is -2.14. The zero-order chi connectivity index (χ0) is 18.1. The Hall–Kier alpha value is -2.48. The fraction of sp³-hybridized carbons (Fsp3) is 0.231. The highest BCUT2D eigenvalue weighted by atomic mass is 32.1. The highest BCUT2D eigenvalue weighted by Gasteiger charge is 2.36. The van der Waals surface area contributed by atoms with Gasteiger partial charge in [-0.1, -0.05) is 0 Å². The molecule has 0 bridgehead atoms. The van der Waals surface area contributed by atoms with Crippen LogP contribution in [0.5, 0.6) is 0 Å². The molecule has 11 heteroatoms. The lowest BCUT2D eigenvalue weighted by atomic mass is 10.0. The van der Waals surface area contributed by atoms with Gasteiger partial charge in [0.15, 0.2) is 5.56 Å². The molecule has 0 radical (unpaired) electrons. The molecular weight excluding hydrogens is 360 g/mol. The number of alkyl halides is 6. The maximum atomic E-state index is 12.7. The molecule has 1 heterocycles. The van der Waals surface area contributed by atoms with Crippen molar-refractivity contribution in [1.29, 1.82) is 5.26 Å². The van der Waals surface area contributed by atoms with Crippen molar-refractivity contribution in [2.45, 2.75) is 18.9 Å². The average molecular weight is 367 g/mol. The summed E-state index contributed by atoms with van der Waals surface area (Å²) in [6, 6.07) is 2.77. The minimum Gasteiger partial charge on any atom is -0.370 e. The summed E-state index contributed by atoms with van der Waals surface area (Å²) in [6.07, 6.45) is -9.88. The van der Waals surface area contributed by atoms with Gasteiger partial charge in [0, 0.05) is 6.54 Å². The largest absolute Gasteiger partial charge is 0.416 e. The van der Waals surface area contributed by atoms with Gasteiger partial charge in [0.1, 0.15) is 11.1 Å². The van der Waals surface area contributed by atoms with Crippen LogP contribution in [0.4, 0.5) is 31.3 Å². The van der Waals surface area contributed by atoms with Crippen LogP contribution in [0.1, 0.15) is 22.3 Å². The van der Waals surface area contributed by atoms with E-state index in [1.807, 2.05) is 0 Å². The Labute approximate surface area is 134 Å². The Morgan fingerprint density at radius 2 is 1.62 bits per heavy atom. The highest BCUT2D eigenvalue weighted by Crippen LogP contribution is 2.36. The molecule has 1 aromatic heterocycles. The third kappa shape index (κ3) is 3.88. The number of halogens is 6. The molecule has 0 atom stereocenters. The summed E-state index contributed by atoms with van der Waals surface area (Å²) < 4.78 is 78.7. The second kappa shape index (κ2) is 6.20. The van der Waals surface area contributed by atoms with Crippen LogP contribution in [-0.2, 0) is 18.9 Å². The van der Waals surface area contributed by atoms with Crippen molar-refractivity contribution >= 4 is 16.5 Å². The first-order valence-corrected chi connectivity index (χ1v) is 6.98. The summed E-state index contributed by atoms with van der Waals surface area (Å²) in [4.78, 5) is 11.2. The Morgan fingerprint density at radius 3 is 2.08 bits per heavy atom. The monoisotopic (exact) mass is 367 g/mol. The van der Waals surface area contributed by atoms with Gasteiger partial charge in [-0.3, -0.25) is 9.17 Å². The second-order valence-corrected chi connectivity index (χ2v) is 5.43. The Bertz CT molecular complexity index is 811. The number of hydrogen-bond donors (Lipinski definition) is 2. The van der Waals surface area contributed by atoms with E-state index < -0.39 is 35.6 Å². The van der Waals surface area contributed by atoms with Crippen molar-refractivity contribution in [2.24, 2.45) is 0 Å². The third-order valence-electron chi connectivity index (χ3n) is 2.91. The molecule has 0 aliphatic carbocycles. The molecule has 0 aliphatic heterocycles. The number of aromatic nitrogens is 1. The fourth-order valence-corrected chi connectivity index (χ4v) is 2.51. The third-order valence-corrected chi connectivity index (χ3v) is 3.75. The van der Waals surface area contributed by atoms with Gasteiger partial charge in [-0.05, 0) is 35.3 Å². The molecule has 0 fully saturated rings. The van der Waals surface area contributed by atoms with Crippen LogP contribution < -0.4 is 10.9 Å². The van der Waals surface area contributed by atoms with Gasteiger partial charge in [-0.15, -0.1) is 0 Å². The molecule has 0 saturated carbocycles. The Balaban J connectivity index is 2.36. The van der Waals surface area contributed by atoms with Gasteiger partial charge in [0.2, 0.25) is 0 Å². The predicted octanol–water partition coefficient (Wildman–Crippen LogP) is 3.96. The number of nitrogens with one attached hydrogen (secondary N) is 2. The maximum absolute atomic E-state index is 12.7. The Kier molecular flexibility index (Phi) is 4.61. The first kappa shape index (κ1) is 17.9. The standard InChI is InChI=1S/C13H7F6N3OS/c14-12(15,16)7-1-6(2-8(3-7)13(17,18)19)5-21-11-9(4-20)10(23)22-24-11/h1-3,21H,5H2,(H,22,23). The molecule has 2 aromatic rings. The molecule has 4 nitrogen and oxygen atoms in total. The van der Waals surface area contributed by atoms with Crippen LogP contribution in [0.3, 0.4) is 0 Å². The van der Waals surface area contributed by atoms with E-state index in [2.05, 4.69) is 9.69 Å². The van der Waals surface area contributed by atoms with E-state index >= 15 is 0 Å². The predicted molar refractivity (Wildman–Crippen MR) is 73.4 cm³/mol. The van der Waals surface area contributed by atoms with E-state index in [0.29, 0.717) is 12.1 Å². The zero-order valence-electron chi connectivity index (χ0n) is 11.5. The van der Waals surface area contributed by atoms with E-state index in [1.165, 1.54) is 0 Å². The average Bonchev–Trinajstić information content (AvgIpc) is 2.83. The molecule has 0 aliphatic rings. The van der Waals surface area contributed by atoms with Crippen LogP contribution in [0.25, 0.3) is 0 Å². The van der Waals surface area contributed by atoms with Crippen LogP contribution >= 0.6 is 11.5 Å². The summed E-state index contributed by atoms with van der Waals surface area (Å²) in [6.45, 7) is -0.421. The fourth-order valence-electron chi connectivity index (χ4n) is 1.83. The van der Waals surface area contributed by atoms with E-state index in [9.17, 15) is 31.1 Å². The molecule has 0 saturated heterocycles. The number of anilines is 1. The second-order valence-electron chi connectivity index (χ2n) is 4.62. The Morgan fingerprint density at radius 1 is 1.08 bits per heavy atom. The zero-order valence-corrected chi connectivity index (χ0v) is 12.3. The summed E-state index contributed by atoms with van der Waals surface area (Å²) in [5.41, 5.74) is -4.14. The van der Waals surface area contributed by atoms with Crippen LogP contribution in [0.15, 0.2) is 23.0 Å². The van der Waals surface area contributed by atoms with E-state index in [0.717, 1.165) is 11.5 Å². The summed E-state index contributed by atoms with van der Waals surface area (Å²) >= 11 is 0.724. The smallest absolute Gasteiger partial charge is 0.370 e. The van der Waals surface area contributed by atoms with Crippen molar-refractivity contribution < 1.29 is 26.3 Å². The van der Waals surface area contributed by atoms with Crippen LogP contribution in [-0.4, -0.2) is 4.37 Å². The number of rotatable bonds is 3. The number of H-pyrrole nitrogens is 1. The topological polar surface area (TPSA) is 68.7 Å². The number of hydrogen-bond acceptors (Lipinski definition) is 4. The van der Waals surface area contributed by atoms with Crippen molar-refractivity contribution in [3.05, 3.63) is 50.8 Å². The van der Waals surface area contributed by atoms with Gasteiger partial charge in [0.25, 0.3) is 5.56 Å². The minimum absolute atomic E-state index is 0.0267. The SMILES string of the molecule is N#Cc1c(NCc2cc(C(F)(F)F)cc(C(F)(F)F)c2)s[nH]c1=O. The number of benzene rings is 1. The lowest BCUT2D eigenvalue weighted by molar-refractivity contribution is -0.143. The first-order valence-electron chi connectivity index (χ1n) is 6.16. The van der Waals surface area contributed by atoms with Crippen molar-refractivity contribution in [2.75, 3.05) is 5.32 Å². The number of nitriles is 1. The molecule has 0 amide bonds. The molecule has 24 heavy (non-hydrogen) atoms. The minimum atomic E-state index is -4.94. The van der Waals surface area contributed by atoms with Gasteiger partial charge in [-0.2, -0.15) is 31.6 Å². The van der Waals surface area contributed by atoms with E-state index in [1.54, 1.807) is 6.07 Å². The van der Waals surface area contributed by atoms with Crippen molar-refractivity contribution in [3.8, 4) is 6.07 Å². The highest BCUT2D eigenvalue weighted by molar-refractivity contribution is 7.10. The van der Waals surface area contributed by atoms with E-state index in [4.69, 9.17) is 5.26 Å². The number of aromatic amines is 1. The molecule has 2 rings (SSSR count). The van der Waals surface area contributed by atoms with Crippen LogP contribution in [0, 0.1) is 11.3 Å².